The minimum Gasteiger partial charge on any atom is -0.355 e. The fraction of sp³-hybridized carbons (Fsp3) is 0.556. The first-order chi connectivity index (χ1) is 12.2. The van der Waals surface area contributed by atoms with Crippen molar-refractivity contribution in [3.8, 4) is 5.82 Å². The number of hydrogen-bond donors (Lipinski definition) is 1. The molecule has 132 valence electrons. The molecule has 2 atom stereocenters. The van der Waals surface area contributed by atoms with Crippen LogP contribution in [0.1, 0.15) is 32.6 Å². The Morgan fingerprint density at radius 1 is 1.20 bits per heavy atom. The zero-order chi connectivity index (χ0) is 17.2. The van der Waals surface area contributed by atoms with Crippen molar-refractivity contribution in [3.05, 3.63) is 31.1 Å². The first-order valence-corrected chi connectivity index (χ1v) is 9.06. The fourth-order valence-corrected chi connectivity index (χ4v) is 3.71. The lowest BCUT2D eigenvalue weighted by molar-refractivity contribution is -0.127. The number of carbonyl (C=O) groups excluding carboxylic acids is 1. The number of hydrogen-bond acceptors (Lipinski definition) is 5. The Balaban J connectivity index is 1.34. The lowest BCUT2D eigenvalue weighted by Crippen LogP contribution is -2.56. The van der Waals surface area contributed by atoms with Crippen LogP contribution in [0.5, 0.6) is 0 Å². The van der Waals surface area contributed by atoms with Crippen molar-refractivity contribution in [2.75, 3.05) is 18.0 Å². The number of nitrogens with one attached hydrogen (secondary N) is 1. The molecule has 2 aliphatic rings. The van der Waals surface area contributed by atoms with E-state index in [1.165, 1.54) is 19.3 Å². The quantitative estimate of drug-likeness (QED) is 0.918. The second-order valence-corrected chi connectivity index (χ2v) is 7.18. The Labute approximate surface area is 147 Å². The Bertz CT molecular complexity index is 725. The van der Waals surface area contributed by atoms with Crippen LogP contribution in [-0.4, -0.2) is 44.6 Å². The third-order valence-electron chi connectivity index (χ3n) is 5.42. The highest BCUT2D eigenvalue weighted by atomic mass is 16.2. The molecular formula is C18H24N6O. The fourth-order valence-electron chi connectivity index (χ4n) is 3.71. The topological polar surface area (TPSA) is 75.9 Å². The molecule has 2 aromatic heterocycles. The van der Waals surface area contributed by atoms with Crippen LogP contribution < -0.4 is 10.2 Å². The van der Waals surface area contributed by atoms with Crippen LogP contribution in [0.15, 0.2) is 31.1 Å². The van der Waals surface area contributed by atoms with E-state index < -0.39 is 0 Å². The first-order valence-electron chi connectivity index (χ1n) is 9.06. The third-order valence-corrected chi connectivity index (χ3v) is 5.42. The van der Waals surface area contributed by atoms with Crippen molar-refractivity contribution in [3.63, 3.8) is 0 Å². The summed E-state index contributed by atoms with van der Waals surface area (Å²) in [5, 5.41) is 3.27. The molecule has 1 saturated heterocycles. The number of amides is 1. The van der Waals surface area contributed by atoms with Gasteiger partial charge in [-0.3, -0.25) is 9.36 Å². The highest BCUT2D eigenvalue weighted by Crippen LogP contribution is 2.27. The lowest BCUT2D eigenvalue weighted by Gasteiger charge is -2.40. The average molecular weight is 340 g/mol. The molecule has 2 aromatic rings. The number of anilines is 1. The van der Waals surface area contributed by atoms with E-state index in [4.69, 9.17) is 0 Å². The summed E-state index contributed by atoms with van der Waals surface area (Å²) in [5.41, 5.74) is 0. The van der Waals surface area contributed by atoms with E-state index in [0.29, 0.717) is 25.0 Å². The van der Waals surface area contributed by atoms with Gasteiger partial charge in [-0.15, -0.1) is 0 Å². The van der Waals surface area contributed by atoms with Gasteiger partial charge in [-0.25, -0.2) is 15.0 Å². The van der Waals surface area contributed by atoms with E-state index >= 15 is 0 Å². The molecule has 1 amide bonds. The molecule has 0 bridgehead atoms. The van der Waals surface area contributed by atoms with Gasteiger partial charge < -0.3 is 10.2 Å². The minimum atomic E-state index is 0.0563. The number of rotatable bonds is 4. The maximum atomic E-state index is 12.5. The molecule has 4 rings (SSSR count). The molecule has 25 heavy (non-hydrogen) atoms. The first kappa shape index (κ1) is 16.1. The molecule has 0 aromatic carbocycles. The van der Waals surface area contributed by atoms with Crippen molar-refractivity contribution in [2.45, 2.75) is 38.6 Å². The van der Waals surface area contributed by atoms with Crippen LogP contribution in [-0.2, 0) is 4.79 Å². The SMILES string of the molecule is CC1CCCCC1NC(=O)C1CN(c2cc(-n3ccnc3)ncn2)C1. The second kappa shape index (κ2) is 6.82. The van der Waals surface area contributed by atoms with Crippen molar-refractivity contribution in [1.82, 2.24) is 24.8 Å². The van der Waals surface area contributed by atoms with E-state index in [0.717, 1.165) is 18.1 Å². The van der Waals surface area contributed by atoms with E-state index in [9.17, 15) is 4.79 Å². The molecule has 0 spiro atoms. The molecule has 1 N–H and O–H groups in total. The maximum Gasteiger partial charge on any atom is 0.226 e. The van der Waals surface area contributed by atoms with E-state index in [-0.39, 0.29) is 11.8 Å². The van der Waals surface area contributed by atoms with Gasteiger partial charge in [0.2, 0.25) is 5.91 Å². The van der Waals surface area contributed by atoms with Crippen molar-refractivity contribution in [2.24, 2.45) is 11.8 Å². The maximum absolute atomic E-state index is 12.5. The monoisotopic (exact) mass is 340 g/mol. The molecule has 1 aliphatic carbocycles. The number of carbonyl (C=O) groups is 1. The number of aromatic nitrogens is 4. The van der Waals surface area contributed by atoms with Gasteiger partial charge in [0.1, 0.15) is 24.3 Å². The molecule has 0 radical (unpaired) electrons. The average Bonchev–Trinajstić information content (AvgIpc) is 3.10. The zero-order valence-electron chi connectivity index (χ0n) is 14.5. The van der Waals surface area contributed by atoms with Crippen LogP contribution >= 0.6 is 0 Å². The molecule has 2 unspecified atom stereocenters. The van der Waals surface area contributed by atoms with Crippen LogP contribution in [0.2, 0.25) is 0 Å². The molecule has 2 fully saturated rings. The van der Waals surface area contributed by atoms with Gasteiger partial charge in [0.25, 0.3) is 0 Å². The van der Waals surface area contributed by atoms with Gasteiger partial charge >= 0.3 is 0 Å². The predicted octanol–water partition coefficient (Wildman–Crippen LogP) is 1.79. The summed E-state index contributed by atoms with van der Waals surface area (Å²) in [6, 6.07) is 2.28. The summed E-state index contributed by atoms with van der Waals surface area (Å²) in [5.74, 6) is 2.48. The van der Waals surface area contributed by atoms with Crippen LogP contribution in [0.25, 0.3) is 5.82 Å². The highest BCUT2D eigenvalue weighted by Gasteiger charge is 2.35. The van der Waals surface area contributed by atoms with Gasteiger partial charge in [0.15, 0.2) is 0 Å². The summed E-state index contributed by atoms with van der Waals surface area (Å²) in [6.07, 6.45) is 11.7. The number of imidazole rings is 1. The van der Waals surface area contributed by atoms with Gasteiger partial charge in [0.05, 0.1) is 5.92 Å². The smallest absolute Gasteiger partial charge is 0.226 e. The summed E-state index contributed by atoms with van der Waals surface area (Å²) < 4.78 is 1.85. The Kier molecular flexibility index (Phi) is 4.38. The molecular weight excluding hydrogens is 316 g/mol. The van der Waals surface area contributed by atoms with Crippen molar-refractivity contribution >= 4 is 11.7 Å². The van der Waals surface area contributed by atoms with E-state index in [2.05, 4.69) is 32.1 Å². The zero-order valence-corrected chi connectivity index (χ0v) is 14.5. The van der Waals surface area contributed by atoms with Gasteiger partial charge in [0, 0.05) is 37.6 Å². The third kappa shape index (κ3) is 3.36. The molecule has 7 heteroatoms. The van der Waals surface area contributed by atoms with Gasteiger partial charge in [-0.1, -0.05) is 19.8 Å². The Hall–Kier alpha value is -2.44. The van der Waals surface area contributed by atoms with Crippen molar-refractivity contribution < 1.29 is 4.79 Å². The molecule has 7 nitrogen and oxygen atoms in total. The lowest BCUT2D eigenvalue weighted by atomic mass is 9.85. The van der Waals surface area contributed by atoms with Crippen LogP contribution in [0.3, 0.4) is 0 Å². The van der Waals surface area contributed by atoms with Crippen LogP contribution in [0.4, 0.5) is 5.82 Å². The van der Waals surface area contributed by atoms with E-state index in [1.54, 1.807) is 18.9 Å². The number of nitrogens with zero attached hydrogens (tertiary/aromatic N) is 5. The largest absolute Gasteiger partial charge is 0.355 e. The minimum absolute atomic E-state index is 0.0563. The standard InChI is InChI=1S/C18H24N6O/c1-13-4-2-3-5-15(13)22-18(25)14-9-24(10-14)17-8-16(20-11-21-17)23-7-6-19-12-23/h6-8,11-15H,2-5,9-10H2,1H3,(H,22,25). The molecule has 1 saturated carbocycles. The Morgan fingerprint density at radius 3 is 2.76 bits per heavy atom. The second-order valence-electron chi connectivity index (χ2n) is 7.18. The van der Waals surface area contributed by atoms with Gasteiger partial charge in [-0.05, 0) is 18.8 Å². The van der Waals surface area contributed by atoms with Crippen LogP contribution in [0, 0.1) is 11.8 Å². The summed E-state index contributed by atoms with van der Waals surface area (Å²) in [7, 11) is 0. The summed E-state index contributed by atoms with van der Waals surface area (Å²) >= 11 is 0. The highest BCUT2D eigenvalue weighted by molar-refractivity contribution is 5.82. The predicted molar refractivity (Wildman–Crippen MR) is 94.4 cm³/mol. The molecule has 1 aliphatic heterocycles. The van der Waals surface area contributed by atoms with E-state index in [1.807, 2.05) is 16.8 Å². The summed E-state index contributed by atoms with van der Waals surface area (Å²) in [4.78, 5) is 27.3. The molecule has 3 heterocycles. The van der Waals surface area contributed by atoms with Gasteiger partial charge in [-0.2, -0.15) is 0 Å². The Morgan fingerprint density at radius 2 is 2.00 bits per heavy atom. The normalized spacial score (nSPS) is 24.0. The summed E-state index contributed by atoms with van der Waals surface area (Å²) in [6.45, 7) is 3.68. The van der Waals surface area contributed by atoms with Crippen molar-refractivity contribution in [1.29, 1.82) is 0 Å².